The van der Waals surface area contributed by atoms with Crippen molar-refractivity contribution in [1.82, 2.24) is 9.29 Å². The third-order valence-corrected chi connectivity index (χ3v) is 8.54. The van der Waals surface area contributed by atoms with Crippen LogP contribution >= 0.6 is 11.3 Å². The van der Waals surface area contributed by atoms with Crippen LogP contribution in [-0.4, -0.2) is 43.9 Å². The summed E-state index contributed by atoms with van der Waals surface area (Å²) in [5.41, 5.74) is 5.02. The predicted molar refractivity (Wildman–Crippen MR) is 123 cm³/mol. The lowest BCUT2D eigenvalue weighted by Gasteiger charge is -2.33. The summed E-state index contributed by atoms with van der Waals surface area (Å²) in [6, 6.07) is 14.8. The molecule has 4 rings (SSSR count). The summed E-state index contributed by atoms with van der Waals surface area (Å²) < 4.78 is 27.5. The number of rotatable bonds is 5. The van der Waals surface area contributed by atoms with Crippen LogP contribution in [0.3, 0.4) is 0 Å². The van der Waals surface area contributed by atoms with Crippen molar-refractivity contribution in [2.24, 2.45) is 0 Å². The van der Waals surface area contributed by atoms with E-state index in [1.807, 2.05) is 6.07 Å². The topological polar surface area (TPSA) is 77.3 Å². The molecule has 31 heavy (non-hydrogen) atoms. The van der Waals surface area contributed by atoms with E-state index >= 15 is 0 Å². The average molecular weight is 453 g/mol. The van der Waals surface area contributed by atoms with Gasteiger partial charge in [-0.15, -0.1) is 11.3 Å². The third-order valence-electron chi connectivity index (χ3n) is 5.63. The minimum atomic E-state index is -3.69. The molecule has 3 aromatic rings. The van der Waals surface area contributed by atoms with Gasteiger partial charge in [0.25, 0.3) is 0 Å². The SMILES string of the molecule is Cc1ccc(Cc2csc(N3CCN(S(=O)(=O)c4ccccc4C#N)CC3)n2)cc1C. The van der Waals surface area contributed by atoms with E-state index in [-0.39, 0.29) is 10.5 Å². The maximum absolute atomic E-state index is 13.0. The van der Waals surface area contributed by atoms with Crippen LogP contribution in [0.4, 0.5) is 5.13 Å². The van der Waals surface area contributed by atoms with Gasteiger partial charge in [-0.25, -0.2) is 13.4 Å². The van der Waals surface area contributed by atoms with Crippen LogP contribution in [-0.2, 0) is 16.4 Å². The normalized spacial score (nSPS) is 15.1. The molecule has 0 aliphatic carbocycles. The van der Waals surface area contributed by atoms with Gasteiger partial charge < -0.3 is 4.90 Å². The molecule has 0 radical (unpaired) electrons. The summed E-state index contributed by atoms with van der Waals surface area (Å²) in [5.74, 6) is 0. The first-order valence-electron chi connectivity index (χ1n) is 10.1. The predicted octanol–water partition coefficient (Wildman–Crippen LogP) is 3.73. The standard InChI is InChI=1S/C23H24N4O2S2/c1-17-7-8-19(13-18(17)2)14-21-16-30-23(25-21)26-9-11-27(12-10-26)31(28,29)22-6-4-3-5-20(22)15-24/h3-8,13,16H,9-12,14H2,1-2H3. The molecule has 6 nitrogen and oxygen atoms in total. The maximum atomic E-state index is 13.0. The number of hydrogen-bond donors (Lipinski definition) is 0. The van der Waals surface area contributed by atoms with Crippen molar-refractivity contribution in [3.63, 3.8) is 0 Å². The summed E-state index contributed by atoms with van der Waals surface area (Å²) in [6.45, 7) is 6.12. The van der Waals surface area contributed by atoms with Crippen LogP contribution < -0.4 is 4.90 Å². The quantitative estimate of drug-likeness (QED) is 0.589. The second-order valence-corrected chi connectivity index (χ2v) is 10.5. The van der Waals surface area contributed by atoms with E-state index in [1.165, 1.54) is 33.1 Å². The monoisotopic (exact) mass is 452 g/mol. The van der Waals surface area contributed by atoms with Crippen LogP contribution in [0.15, 0.2) is 52.7 Å². The van der Waals surface area contributed by atoms with Crippen LogP contribution in [0.5, 0.6) is 0 Å². The fourth-order valence-electron chi connectivity index (χ4n) is 3.69. The van der Waals surface area contributed by atoms with Gasteiger partial charge >= 0.3 is 0 Å². The minimum Gasteiger partial charge on any atom is -0.345 e. The van der Waals surface area contributed by atoms with E-state index in [4.69, 9.17) is 4.98 Å². The highest BCUT2D eigenvalue weighted by atomic mass is 32.2. The zero-order chi connectivity index (χ0) is 22.0. The number of aromatic nitrogens is 1. The minimum absolute atomic E-state index is 0.0795. The van der Waals surface area contributed by atoms with Crippen molar-refractivity contribution >= 4 is 26.5 Å². The largest absolute Gasteiger partial charge is 0.345 e. The molecule has 8 heteroatoms. The molecule has 1 saturated heterocycles. The highest BCUT2D eigenvalue weighted by molar-refractivity contribution is 7.89. The van der Waals surface area contributed by atoms with Gasteiger partial charge in [-0.3, -0.25) is 0 Å². The van der Waals surface area contributed by atoms with Gasteiger partial charge in [0.2, 0.25) is 10.0 Å². The van der Waals surface area contributed by atoms with E-state index in [2.05, 4.69) is 42.3 Å². The summed E-state index contributed by atoms with van der Waals surface area (Å²) >= 11 is 1.60. The van der Waals surface area contributed by atoms with Gasteiger partial charge in [0.15, 0.2) is 5.13 Å². The molecular formula is C23H24N4O2S2. The molecule has 2 aromatic carbocycles. The lowest BCUT2D eigenvalue weighted by atomic mass is 10.0. The Bertz CT molecular complexity index is 1240. The zero-order valence-electron chi connectivity index (χ0n) is 17.6. The molecule has 0 unspecified atom stereocenters. The van der Waals surface area contributed by atoms with Crippen LogP contribution in [0.2, 0.25) is 0 Å². The summed E-state index contributed by atoms with van der Waals surface area (Å²) in [4.78, 5) is 7.00. The molecule has 0 atom stereocenters. The maximum Gasteiger partial charge on any atom is 0.244 e. The lowest BCUT2D eigenvalue weighted by molar-refractivity contribution is 0.384. The Hall–Kier alpha value is -2.73. The van der Waals surface area contributed by atoms with Gasteiger partial charge in [0.05, 0.1) is 16.2 Å². The lowest BCUT2D eigenvalue weighted by Crippen LogP contribution is -2.48. The van der Waals surface area contributed by atoms with Gasteiger partial charge in [0, 0.05) is 38.0 Å². The first kappa shape index (κ1) is 21.5. The first-order chi connectivity index (χ1) is 14.9. The van der Waals surface area contributed by atoms with Crippen molar-refractivity contribution in [1.29, 1.82) is 5.26 Å². The van der Waals surface area contributed by atoms with Crippen LogP contribution in [0, 0.1) is 25.2 Å². The third kappa shape index (κ3) is 4.49. The van der Waals surface area contributed by atoms with E-state index in [9.17, 15) is 13.7 Å². The Kier molecular flexibility index (Phi) is 6.10. The molecule has 0 bridgehead atoms. The van der Waals surface area contributed by atoms with Crippen molar-refractivity contribution in [2.75, 3.05) is 31.1 Å². The Balaban J connectivity index is 1.42. The van der Waals surface area contributed by atoms with Crippen molar-refractivity contribution in [3.8, 4) is 6.07 Å². The highest BCUT2D eigenvalue weighted by Crippen LogP contribution is 2.26. The Labute approximate surface area is 187 Å². The molecule has 0 N–H and O–H groups in total. The number of piperazine rings is 1. The molecule has 2 heterocycles. The second kappa shape index (κ2) is 8.79. The fourth-order valence-corrected chi connectivity index (χ4v) is 6.13. The van der Waals surface area contributed by atoms with E-state index in [0.29, 0.717) is 26.2 Å². The molecule has 1 aliphatic rings. The zero-order valence-corrected chi connectivity index (χ0v) is 19.2. The molecule has 0 spiro atoms. The second-order valence-electron chi connectivity index (χ2n) is 7.72. The number of aryl methyl sites for hydroxylation is 2. The van der Waals surface area contributed by atoms with Crippen molar-refractivity contribution in [2.45, 2.75) is 25.2 Å². The number of nitriles is 1. The number of hydrogen-bond acceptors (Lipinski definition) is 6. The summed E-state index contributed by atoms with van der Waals surface area (Å²) in [6.07, 6.45) is 0.789. The number of anilines is 1. The highest BCUT2D eigenvalue weighted by Gasteiger charge is 2.31. The van der Waals surface area contributed by atoms with E-state index < -0.39 is 10.0 Å². The summed E-state index contributed by atoms with van der Waals surface area (Å²) in [5, 5.41) is 12.3. The molecular weight excluding hydrogens is 428 g/mol. The number of nitrogens with zero attached hydrogens (tertiary/aromatic N) is 4. The Morgan fingerprint density at radius 2 is 1.81 bits per heavy atom. The Morgan fingerprint density at radius 3 is 2.52 bits per heavy atom. The molecule has 0 saturated carbocycles. The van der Waals surface area contributed by atoms with Gasteiger partial charge in [-0.1, -0.05) is 30.3 Å². The fraction of sp³-hybridized carbons (Fsp3) is 0.304. The molecule has 160 valence electrons. The average Bonchev–Trinajstić information content (AvgIpc) is 3.25. The molecule has 1 fully saturated rings. The Morgan fingerprint density at radius 1 is 1.06 bits per heavy atom. The van der Waals surface area contributed by atoms with Crippen molar-refractivity contribution < 1.29 is 8.42 Å². The smallest absolute Gasteiger partial charge is 0.244 e. The van der Waals surface area contributed by atoms with E-state index in [1.54, 1.807) is 23.5 Å². The van der Waals surface area contributed by atoms with Crippen molar-refractivity contribution in [3.05, 3.63) is 75.8 Å². The number of sulfonamides is 1. The molecule has 0 amide bonds. The number of benzene rings is 2. The first-order valence-corrected chi connectivity index (χ1v) is 12.5. The number of thiazole rings is 1. The van der Waals surface area contributed by atoms with Crippen LogP contribution in [0.1, 0.15) is 27.9 Å². The molecule has 1 aromatic heterocycles. The summed E-state index contributed by atoms with van der Waals surface area (Å²) in [7, 11) is -3.69. The van der Waals surface area contributed by atoms with Gasteiger partial charge in [0.1, 0.15) is 6.07 Å². The van der Waals surface area contributed by atoms with Gasteiger partial charge in [-0.05, 0) is 42.7 Å². The van der Waals surface area contributed by atoms with Gasteiger partial charge in [-0.2, -0.15) is 9.57 Å². The van der Waals surface area contributed by atoms with E-state index in [0.717, 1.165) is 17.2 Å². The molecule has 1 aliphatic heterocycles. The van der Waals surface area contributed by atoms with Crippen LogP contribution in [0.25, 0.3) is 0 Å².